The average Bonchev–Trinajstić information content (AvgIpc) is 2.75. The molecule has 0 heterocycles. The molecule has 1 fully saturated rings. The second-order valence-electron chi connectivity index (χ2n) is 8.50. The fraction of sp³-hybridized carbons (Fsp3) is 0.500. The molecular weight excluding hydrogens is 396 g/mol. The molecule has 5 N–H and O–H groups in total. The zero-order chi connectivity index (χ0) is 23.1. The number of amides is 1. The van der Waals surface area contributed by atoms with Crippen molar-refractivity contribution in [1.29, 1.82) is 0 Å². The molecule has 0 unspecified atom stereocenters. The lowest BCUT2D eigenvalue weighted by molar-refractivity contribution is -0.144. The molecule has 1 atom stereocenters. The number of nitrogens with two attached hydrogens (primary N) is 1. The standard InChI is InChI=1S/C24H30N2O5/c1-23(2,25)20(22(29)31-3)26-21(28)19-10-8-17(9-11-19)6-4-5-7-18-12-14-24(30,16-27)15-13-18/h8-11,18,20,27,30H,12-16,25H2,1-3H3,(H,26,28)/t18?,20-,24?/m1/s1. The molecule has 0 bridgehead atoms. The van der Waals surface area contributed by atoms with Crippen LogP contribution in [0.5, 0.6) is 0 Å². The fourth-order valence-electron chi connectivity index (χ4n) is 3.29. The van der Waals surface area contributed by atoms with E-state index in [1.54, 1.807) is 38.1 Å². The van der Waals surface area contributed by atoms with Gasteiger partial charge in [0.25, 0.3) is 5.91 Å². The summed E-state index contributed by atoms with van der Waals surface area (Å²) in [6, 6.07) is 5.65. The van der Waals surface area contributed by atoms with E-state index in [9.17, 15) is 19.8 Å². The van der Waals surface area contributed by atoms with Crippen LogP contribution < -0.4 is 11.1 Å². The number of carbonyl (C=O) groups excluding carboxylic acids is 2. The van der Waals surface area contributed by atoms with Gasteiger partial charge in [-0.2, -0.15) is 0 Å². The lowest BCUT2D eigenvalue weighted by Gasteiger charge is -2.32. The summed E-state index contributed by atoms with van der Waals surface area (Å²) in [4.78, 5) is 24.4. The van der Waals surface area contributed by atoms with Gasteiger partial charge < -0.3 is 26.0 Å². The molecule has 2 rings (SSSR count). The Kier molecular flexibility index (Phi) is 8.24. The minimum atomic E-state index is -0.984. The number of carbonyl (C=O) groups is 2. The molecule has 0 radical (unpaired) electrons. The molecule has 7 heteroatoms. The van der Waals surface area contributed by atoms with Crippen LogP contribution in [-0.4, -0.2) is 53.0 Å². The van der Waals surface area contributed by atoms with E-state index >= 15 is 0 Å². The van der Waals surface area contributed by atoms with Crippen molar-refractivity contribution in [3.8, 4) is 23.7 Å². The zero-order valence-corrected chi connectivity index (χ0v) is 18.2. The molecule has 1 saturated carbocycles. The Bertz CT molecular complexity index is 902. The molecule has 0 saturated heterocycles. The van der Waals surface area contributed by atoms with E-state index in [2.05, 4.69) is 29.0 Å². The molecule has 0 spiro atoms. The van der Waals surface area contributed by atoms with Gasteiger partial charge in [0.15, 0.2) is 0 Å². The molecule has 0 aromatic heterocycles. The topological polar surface area (TPSA) is 122 Å². The van der Waals surface area contributed by atoms with Crippen LogP contribution in [0.2, 0.25) is 0 Å². The summed E-state index contributed by atoms with van der Waals surface area (Å²) >= 11 is 0. The Balaban J connectivity index is 1.96. The van der Waals surface area contributed by atoms with E-state index < -0.39 is 29.1 Å². The summed E-state index contributed by atoms with van der Waals surface area (Å²) in [7, 11) is 1.24. The van der Waals surface area contributed by atoms with Crippen LogP contribution in [0.1, 0.15) is 55.5 Å². The van der Waals surface area contributed by atoms with Crippen molar-refractivity contribution in [3.05, 3.63) is 35.4 Å². The van der Waals surface area contributed by atoms with Crippen molar-refractivity contribution in [3.63, 3.8) is 0 Å². The number of aliphatic hydroxyl groups is 2. The van der Waals surface area contributed by atoms with Gasteiger partial charge in [0.1, 0.15) is 6.04 Å². The Morgan fingerprint density at radius 3 is 2.39 bits per heavy atom. The largest absolute Gasteiger partial charge is 0.467 e. The molecular formula is C24H30N2O5. The first-order valence-corrected chi connectivity index (χ1v) is 10.2. The Hall–Kier alpha value is -2.84. The van der Waals surface area contributed by atoms with Crippen molar-refractivity contribution < 1.29 is 24.5 Å². The van der Waals surface area contributed by atoms with Crippen molar-refractivity contribution in [2.24, 2.45) is 11.7 Å². The van der Waals surface area contributed by atoms with Gasteiger partial charge >= 0.3 is 5.97 Å². The molecule has 1 aliphatic rings. The second-order valence-corrected chi connectivity index (χ2v) is 8.50. The molecule has 0 aliphatic heterocycles. The quantitative estimate of drug-likeness (QED) is 0.411. The van der Waals surface area contributed by atoms with E-state index in [0.717, 1.165) is 12.8 Å². The van der Waals surface area contributed by atoms with Gasteiger partial charge in [-0.05, 0) is 75.6 Å². The molecule has 1 aromatic carbocycles. The van der Waals surface area contributed by atoms with E-state index in [1.807, 2.05) is 0 Å². The number of esters is 1. The minimum absolute atomic E-state index is 0.168. The monoisotopic (exact) mass is 426 g/mol. The first-order valence-electron chi connectivity index (χ1n) is 10.2. The number of ether oxygens (including phenoxy) is 1. The normalized spacial score (nSPS) is 21.5. The molecule has 31 heavy (non-hydrogen) atoms. The summed E-state index contributed by atoms with van der Waals surface area (Å²) in [6.45, 7) is 3.05. The van der Waals surface area contributed by atoms with Crippen LogP contribution in [0.4, 0.5) is 0 Å². The Morgan fingerprint density at radius 2 is 1.87 bits per heavy atom. The third kappa shape index (κ3) is 7.11. The SMILES string of the molecule is COC(=O)[C@@H](NC(=O)c1ccc(C#CC#CC2CCC(O)(CO)CC2)cc1)C(C)(C)N. The lowest BCUT2D eigenvalue weighted by Crippen LogP contribution is -2.59. The van der Waals surface area contributed by atoms with Gasteiger partial charge in [0, 0.05) is 22.6 Å². The summed E-state index contributed by atoms with van der Waals surface area (Å²) < 4.78 is 4.72. The lowest BCUT2D eigenvalue weighted by atomic mass is 9.79. The van der Waals surface area contributed by atoms with Gasteiger partial charge in [-0.3, -0.25) is 4.79 Å². The van der Waals surface area contributed by atoms with Gasteiger partial charge in [-0.25, -0.2) is 4.79 Å². The number of benzene rings is 1. The third-order valence-corrected chi connectivity index (χ3v) is 5.36. The van der Waals surface area contributed by atoms with Gasteiger partial charge in [0.2, 0.25) is 0 Å². The van der Waals surface area contributed by atoms with Crippen molar-refractivity contribution in [2.45, 2.75) is 56.7 Å². The highest BCUT2D eigenvalue weighted by molar-refractivity contribution is 5.97. The van der Waals surface area contributed by atoms with E-state index in [1.165, 1.54) is 7.11 Å². The van der Waals surface area contributed by atoms with Crippen molar-refractivity contribution in [2.75, 3.05) is 13.7 Å². The smallest absolute Gasteiger partial charge is 0.330 e. The van der Waals surface area contributed by atoms with Crippen LogP contribution in [0.3, 0.4) is 0 Å². The average molecular weight is 427 g/mol. The Morgan fingerprint density at radius 1 is 1.26 bits per heavy atom. The van der Waals surface area contributed by atoms with Crippen molar-refractivity contribution >= 4 is 11.9 Å². The number of nitrogens with one attached hydrogen (secondary N) is 1. The number of rotatable bonds is 5. The number of aliphatic hydroxyl groups excluding tert-OH is 1. The molecule has 1 aromatic rings. The zero-order valence-electron chi connectivity index (χ0n) is 18.2. The van der Waals surface area contributed by atoms with Gasteiger partial charge in [-0.1, -0.05) is 11.8 Å². The van der Waals surface area contributed by atoms with Crippen LogP contribution >= 0.6 is 0 Å². The van der Waals surface area contributed by atoms with Crippen LogP contribution in [0, 0.1) is 29.6 Å². The molecule has 7 nitrogen and oxygen atoms in total. The van der Waals surface area contributed by atoms with E-state index in [-0.39, 0.29) is 12.5 Å². The number of hydrogen-bond donors (Lipinski definition) is 4. The third-order valence-electron chi connectivity index (χ3n) is 5.36. The molecule has 166 valence electrons. The molecule has 1 amide bonds. The number of methoxy groups -OCH3 is 1. The maximum Gasteiger partial charge on any atom is 0.330 e. The highest BCUT2D eigenvalue weighted by atomic mass is 16.5. The summed E-state index contributed by atoms with van der Waals surface area (Å²) in [5, 5.41) is 21.8. The van der Waals surface area contributed by atoms with Gasteiger partial charge in [0.05, 0.1) is 19.3 Å². The maximum atomic E-state index is 12.5. The minimum Gasteiger partial charge on any atom is -0.467 e. The van der Waals surface area contributed by atoms with Crippen LogP contribution in [-0.2, 0) is 9.53 Å². The predicted molar refractivity (Wildman–Crippen MR) is 117 cm³/mol. The van der Waals surface area contributed by atoms with Gasteiger partial charge in [-0.15, -0.1) is 0 Å². The maximum absolute atomic E-state index is 12.5. The highest BCUT2D eigenvalue weighted by Gasteiger charge is 2.34. The first kappa shape index (κ1) is 24.4. The predicted octanol–water partition coefficient (Wildman–Crippen LogP) is 0.964. The van der Waals surface area contributed by atoms with E-state index in [0.29, 0.717) is 24.0 Å². The van der Waals surface area contributed by atoms with E-state index in [4.69, 9.17) is 10.5 Å². The number of hydrogen-bond acceptors (Lipinski definition) is 6. The van der Waals surface area contributed by atoms with Crippen molar-refractivity contribution in [1.82, 2.24) is 5.32 Å². The summed E-state index contributed by atoms with van der Waals surface area (Å²) in [5.74, 6) is 10.8. The fourth-order valence-corrected chi connectivity index (χ4v) is 3.29. The highest BCUT2D eigenvalue weighted by Crippen LogP contribution is 2.31. The van der Waals surface area contributed by atoms with Crippen LogP contribution in [0.15, 0.2) is 24.3 Å². The second kappa shape index (κ2) is 10.5. The summed E-state index contributed by atoms with van der Waals surface area (Å²) in [5.41, 5.74) is 5.10. The van der Waals surface area contributed by atoms with Crippen LogP contribution in [0.25, 0.3) is 0 Å². The molecule has 1 aliphatic carbocycles. The first-order chi connectivity index (χ1) is 14.6. The summed E-state index contributed by atoms with van der Waals surface area (Å²) in [6.07, 6.45) is 2.55. The Labute approximate surface area is 183 Å².